The second kappa shape index (κ2) is 8.35. The minimum Gasteiger partial charge on any atom is -0.423 e. The minimum absolute atomic E-state index is 0.0441. The van der Waals surface area contributed by atoms with Gasteiger partial charge in [-0.1, -0.05) is 30.3 Å². The molecule has 4 nitrogen and oxygen atoms in total. The maximum atomic E-state index is 12.0. The van der Waals surface area contributed by atoms with Crippen molar-refractivity contribution in [1.82, 2.24) is 0 Å². The molecule has 25 heavy (non-hydrogen) atoms. The van der Waals surface area contributed by atoms with Crippen LogP contribution in [0.15, 0.2) is 75.3 Å². The molecule has 1 aromatic heterocycles. The Morgan fingerprint density at radius 2 is 1.92 bits per heavy atom. The summed E-state index contributed by atoms with van der Waals surface area (Å²) >= 11 is 1.60. The molecule has 0 spiro atoms. The van der Waals surface area contributed by atoms with Crippen molar-refractivity contribution in [3.63, 3.8) is 0 Å². The lowest BCUT2D eigenvalue weighted by Crippen LogP contribution is -2.12. The van der Waals surface area contributed by atoms with Gasteiger partial charge in [-0.05, 0) is 41.3 Å². The second-order valence-electron chi connectivity index (χ2n) is 5.39. The van der Waals surface area contributed by atoms with Crippen LogP contribution in [-0.4, -0.2) is 11.7 Å². The van der Waals surface area contributed by atoms with Crippen LogP contribution in [0.5, 0.6) is 0 Å². The monoisotopic (exact) mass is 351 g/mol. The minimum atomic E-state index is -0.384. The molecular formula is C20H17NO3S. The number of thioether (sulfide) groups is 1. The van der Waals surface area contributed by atoms with Crippen LogP contribution >= 0.6 is 11.8 Å². The summed E-state index contributed by atoms with van der Waals surface area (Å²) in [7, 11) is 0. The SMILES string of the molecule is O=C(CCS/C=C\c1ccccc1)Nc1ccc2oc(=O)ccc2c1. The van der Waals surface area contributed by atoms with E-state index in [0.29, 0.717) is 23.4 Å². The van der Waals surface area contributed by atoms with E-state index in [0.717, 1.165) is 10.9 Å². The summed E-state index contributed by atoms with van der Waals surface area (Å²) in [4.78, 5) is 23.2. The molecule has 2 aromatic carbocycles. The largest absolute Gasteiger partial charge is 0.423 e. The molecule has 0 aliphatic rings. The Bertz CT molecular complexity index is 948. The summed E-state index contributed by atoms with van der Waals surface area (Å²) in [5, 5.41) is 5.64. The first-order chi connectivity index (χ1) is 12.2. The van der Waals surface area contributed by atoms with Gasteiger partial charge in [-0.2, -0.15) is 0 Å². The Morgan fingerprint density at radius 1 is 1.08 bits per heavy atom. The molecule has 3 aromatic rings. The highest BCUT2D eigenvalue weighted by molar-refractivity contribution is 8.02. The van der Waals surface area contributed by atoms with Crippen molar-refractivity contribution in [2.24, 2.45) is 0 Å². The molecule has 1 N–H and O–H groups in total. The van der Waals surface area contributed by atoms with Gasteiger partial charge in [0.25, 0.3) is 0 Å². The number of hydrogen-bond acceptors (Lipinski definition) is 4. The summed E-state index contributed by atoms with van der Waals surface area (Å²) in [5.41, 5.74) is 1.95. The number of carbonyl (C=O) groups excluding carboxylic acids is 1. The molecule has 0 aliphatic carbocycles. The molecule has 126 valence electrons. The Kier molecular flexibility index (Phi) is 5.69. The summed E-state index contributed by atoms with van der Waals surface area (Å²) in [6.45, 7) is 0. The fraction of sp³-hybridized carbons (Fsp3) is 0.100. The van der Waals surface area contributed by atoms with Gasteiger partial charge in [0, 0.05) is 29.3 Å². The number of nitrogens with one attached hydrogen (secondary N) is 1. The van der Waals surface area contributed by atoms with Crippen LogP contribution in [0.25, 0.3) is 17.0 Å². The van der Waals surface area contributed by atoms with Crippen LogP contribution in [0.2, 0.25) is 0 Å². The lowest BCUT2D eigenvalue weighted by Gasteiger charge is -2.05. The molecule has 1 amide bonds. The fourth-order valence-corrected chi connectivity index (χ4v) is 2.98. The third-order valence-corrected chi connectivity index (χ3v) is 4.27. The average Bonchev–Trinajstić information content (AvgIpc) is 2.62. The molecular weight excluding hydrogens is 334 g/mol. The van der Waals surface area contributed by atoms with Crippen LogP contribution in [0.1, 0.15) is 12.0 Å². The normalized spacial score (nSPS) is 11.0. The Balaban J connectivity index is 1.48. The van der Waals surface area contributed by atoms with Crippen molar-refractivity contribution in [2.75, 3.05) is 11.1 Å². The van der Waals surface area contributed by atoms with E-state index in [9.17, 15) is 9.59 Å². The van der Waals surface area contributed by atoms with E-state index in [1.807, 2.05) is 41.8 Å². The van der Waals surface area contributed by atoms with E-state index >= 15 is 0 Å². The predicted molar refractivity (Wildman–Crippen MR) is 104 cm³/mol. The highest BCUT2D eigenvalue weighted by atomic mass is 32.2. The van der Waals surface area contributed by atoms with Crippen LogP contribution in [-0.2, 0) is 4.79 Å². The molecule has 0 unspecified atom stereocenters. The molecule has 0 saturated carbocycles. The van der Waals surface area contributed by atoms with Gasteiger partial charge in [0.15, 0.2) is 0 Å². The highest BCUT2D eigenvalue weighted by Gasteiger charge is 2.04. The van der Waals surface area contributed by atoms with Crippen molar-refractivity contribution in [3.8, 4) is 0 Å². The van der Waals surface area contributed by atoms with E-state index in [1.54, 1.807) is 36.0 Å². The average molecular weight is 351 g/mol. The lowest BCUT2D eigenvalue weighted by molar-refractivity contribution is -0.115. The maximum Gasteiger partial charge on any atom is 0.336 e. The molecule has 0 bridgehead atoms. The topological polar surface area (TPSA) is 59.3 Å². The smallest absolute Gasteiger partial charge is 0.336 e. The maximum absolute atomic E-state index is 12.0. The predicted octanol–water partition coefficient (Wildman–Crippen LogP) is 4.53. The van der Waals surface area contributed by atoms with Gasteiger partial charge in [0.1, 0.15) is 5.58 Å². The van der Waals surface area contributed by atoms with Crippen molar-refractivity contribution >= 4 is 40.4 Å². The fourth-order valence-electron chi connectivity index (χ4n) is 2.28. The van der Waals surface area contributed by atoms with Crippen molar-refractivity contribution in [3.05, 3.63) is 82.1 Å². The molecule has 0 aliphatic heterocycles. The van der Waals surface area contributed by atoms with Crippen LogP contribution < -0.4 is 10.9 Å². The van der Waals surface area contributed by atoms with Gasteiger partial charge in [-0.15, -0.1) is 11.8 Å². The number of rotatable bonds is 6. The summed E-state index contributed by atoms with van der Waals surface area (Å²) < 4.78 is 5.07. The number of amides is 1. The Labute approximate surface area is 149 Å². The van der Waals surface area contributed by atoms with Gasteiger partial charge in [0.05, 0.1) is 0 Å². The van der Waals surface area contributed by atoms with Crippen molar-refractivity contribution in [2.45, 2.75) is 6.42 Å². The number of fused-ring (bicyclic) bond motifs is 1. The van der Waals surface area contributed by atoms with Crippen LogP contribution in [0.3, 0.4) is 0 Å². The molecule has 1 heterocycles. The van der Waals surface area contributed by atoms with Gasteiger partial charge in [0.2, 0.25) is 5.91 Å². The van der Waals surface area contributed by atoms with Gasteiger partial charge in [-0.3, -0.25) is 4.79 Å². The van der Waals surface area contributed by atoms with Crippen LogP contribution in [0.4, 0.5) is 5.69 Å². The highest BCUT2D eigenvalue weighted by Crippen LogP contribution is 2.18. The summed E-state index contributed by atoms with van der Waals surface area (Å²) in [5.74, 6) is 0.662. The van der Waals surface area contributed by atoms with E-state index in [2.05, 4.69) is 5.32 Å². The van der Waals surface area contributed by atoms with E-state index in [1.165, 1.54) is 6.07 Å². The number of anilines is 1. The summed E-state index contributed by atoms with van der Waals surface area (Å²) in [6.07, 6.45) is 2.45. The molecule has 0 radical (unpaired) electrons. The number of hydrogen-bond donors (Lipinski definition) is 1. The van der Waals surface area contributed by atoms with Gasteiger partial charge < -0.3 is 9.73 Å². The lowest BCUT2D eigenvalue weighted by atomic mass is 10.2. The third-order valence-electron chi connectivity index (χ3n) is 3.51. The molecule has 5 heteroatoms. The van der Waals surface area contributed by atoms with Gasteiger partial charge in [-0.25, -0.2) is 4.79 Å². The van der Waals surface area contributed by atoms with Crippen LogP contribution in [0, 0.1) is 0 Å². The number of carbonyl (C=O) groups is 1. The second-order valence-corrected chi connectivity index (χ2v) is 6.40. The molecule has 0 fully saturated rings. The molecule has 0 saturated heterocycles. The van der Waals surface area contributed by atoms with E-state index in [4.69, 9.17) is 4.42 Å². The van der Waals surface area contributed by atoms with Crippen molar-refractivity contribution < 1.29 is 9.21 Å². The number of benzene rings is 2. The first-order valence-electron chi connectivity index (χ1n) is 7.88. The van der Waals surface area contributed by atoms with Gasteiger partial charge >= 0.3 is 5.63 Å². The third kappa shape index (κ3) is 5.09. The van der Waals surface area contributed by atoms with E-state index in [-0.39, 0.29) is 11.5 Å². The van der Waals surface area contributed by atoms with Crippen molar-refractivity contribution in [1.29, 1.82) is 0 Å². The Hall–Kier alpha value is -2.79. The zero-order chi connectivity index (χ0) is 17.5. The van der Waals surface area contributed by atoms with E-state index < -0.39 is 0 Å². The summed E-state index contributed by atoms with van der Waals surface area (Å²) in [6, 6.07) is 18.3. The first-order valence-corrected chi connectivity index (χ1v) is 8.92. The Morgan fingerprint density at radius 3 is 2.76 bits per heavy atom. The standard InChI is InChI=1S/C20H17NO3S/c22-19(11-13-25-12-10-15-4-2-1-3-5-15)21-17-7-8-18-16(14-17)6-9-20(23)24-18/h1-10,12,14H,11,13H2,(H,21,22)/b12-10-. The molecule has 0 atom stereocenters. The quantitative estimate of drug-likeness (QED) is 0.524. The molecule has 3 rings (SSSR count). The zero-order valence-electron chi connectivity index (χ0n) is 13.5. The first kappa shape index (κ1) is 17.0. The zero-order valence-corrected chi connectivity index (χ0v) is 14.3.